The SMILES string of the molecule is CN(C)C(=S)CC(=O)Nc1ccccc1. The number of benzene rings is 1. The second-order valence-electron chi connectivity index (χ2n) is 3.38. The Kier molecular flexibility index (Phi) is 4.24. The van der Waals surface area contributed by atoms with Crippen molar-refractivity contribution in [1.29, 1.82) is 0 Å². The Morgan fingerprint density at radius 3 is 2.47 bits per heavy atom. The number of hydrogen-bond acceptors (Lipinski definition) is 2. The number of nitrogens with one attached hydrogen (secondary N) is 1. The third-order valence-corrected chi connectivity index (χ3v) is 2.38. The molecule has 3 nitrogen and oxygen atoms in total. The van der Waals surface area contributed by atoms with Gasteiger partial charge >= 0.3 is 0 Å². The van der Waals surface area contributed by atoms with Crippen molar-refractivity contribution in [2.24, 2.45) is 0 Å². The van der Waals surface area contributed by atoms with Crippen molar-refractivity contribution in [1.82, 2.24) is 4.90 Å². The first kappa shape index (κ1) is 11.7. The number of carbonyl (C=O) groups is 1. The van der Waals surface area contributed by atoms with Crippen molar-refractivity contribution in [2.45, 2.75) is 6.42 Å². The molecule has 0 aliphatic carbocycles. The third kappa shape index (κ3) is 4.08. The molecular weight excluding hydrogens is 208 g/mol. The summed E-state index contributed by atoms with van der Waals surface area (Å²) in [5.74, 6) is -0.0834. The number of amides is 1. The Labute approximate surface area is 95.1 Å². The minimum absolute atomic E-state index is 0.0834. The minimum atomic E-state index is -0.0834. The summed E-state index contributed by atoms with van der Waals surface area (Å²) in [5, 5.41) is 2.77. The largest absolute Gasteiger partial charge is 0.372 e. The minimum Gasteiger partial charge on any atom is -0.372 e. The molecule has 1 aromatic carbocycles. The van der Waals surface area contributed by atoms with Crippen LogP contribution >= 0.6 is 12.2 Å². The zero-order valence-corrected chi connectivity index (χ0v) is 9.67. The number of nitrogens with zero attached hydrogens (tertiary/aromatic N) is 1. The van der Waals surface area contributed by atoms with Gasteiger partial charge in [-0.3, -0.25) is 4.79 Å². The Balaban J connectivity index is 2.47. The molecule has 0 bridgehead atoms. The number of hydrogen-bond donors (Lipinski definition) is 1. The first-order chi connectivity index (χ1) is 7.09. The third-order valence-electron chi connectivity index (χ3n) is 1.87. The molecule has 0 saturated carbocycles. The number of rotatable bonds is 3. The van der Waals surface area contributed by atoms with E-state index in [0.717, 1.165) is 5.69 Å². The van der Waals surface area contributed by atoms with Gasteiger partial charge in [-0.1, -0.05) is 30.4 Å². The number of thiocarbonyl (C=S) groups is 1. The zero-order chi connectivity index (χ0) is 11.3. The predicted molar refractivity (Wildman–Crippen MR) is 66.0 cm³/mol. The van der Waals surface area contributed by atoms with Gasteiger partial charge in [0.2, 0.25) is 5.91 Å². The first-order valence-corrected chi connectivity index (χ1v) is 5.05. The molecule has 4 heteroatoms. The molecule has 1 aromatic rings. The van der Waals surface area contributed by atoms with Crippen LogP contribution in [0.25, 0.3) is 0 Å². The summed E-state index contributed by atoms with van der Waals surface area (Å²) < 4.78 is 0. The fraction of sp³-hybridized carbons (Fsp3) is 0.273. The molecule has 0 saturated heterocycles. The van der Waals surface area contributed by atoms with Gasteiger partial charge in [0.15, 0.2) is 0 Å². The lowest BCUT2D eigenvalue weighted by molar-refractivity contribution is -0.115. The van der Waals surface area contributed by atoms with Gasteiger partial charge in [-0.05, 0) is 12.1 Å². The van der Waals surface area contributed by atoms with E-state index >= 15 is 0 Å². The van der Waals surface area contributed by atoms with E-state index in [-0.39, 0.29) is 12.3 Å². The van der Waals surface area contributed by atoms with Crippen LogP contribution < -0.4 is 5.32 Å². The Morgan fingerprint density at radius 1 is 1.33 bits per heavy atom. The van der Waals surface area contributed by atoms with Crippen LogP contribution in [-0.2, 0) is 4.79 Å². The van der Waals surface area contributed by atoms with E-state index in [0.29, 0.717) is 4.99 Å². The Bertz CT molecular complexity index is 349. The summed E-state index contributed by atoms with van der Waals surface area (Å²) in [6.07, 6.45) is 0.247. The maximum atomic E-state index is 11.5. The maximum Gasteiger partial charge on any atom is 0.231 e. The van der Waals surface area contributed by atoms with Gasteiger partial charge in [0.25, 0.3) is 0 Å². The van der Waals surface area contributed by atoms with Crippen LogP contribution in [0.2, 0.25) is 0 Å². The summed E-state index contributed by atoms with van der Waals surface area (Å²) in [7, 11) is 3.66. The predicted octanol–water partition coefficient (Wildman–Crippen LogP) is 1.90. The molecule has 0 radical (unpaired) electrons. The molecule has 0 heterocycles. The highest BCUT2D eigenvalue weighted by molar-refractivity contribution is 7.80. The van der Waals surface area contributed by atoms with Gasteiger partial charge in [0, 0.05) is 19.8 Å². The van der Waals surface area contributed by atoms with E-state index in [1.54, 1.807) is 4.90 Å². The molecule has 0 aromatic heterocycles. The van der Waals surface area contributed by atoms with Crippen LogP contribution in [0.5, 0.6) is 0 Å². The van der Waals surface area contributed by atoms with Crippen molar-refractivity contribution < 1.29 is 4.79 Å². The van der Waals surface area contributed by atoms with Gasteiger partial charge < -0.3 is 10.2 Å². The topological polar surface area (TPSA) is 32.3 Å². The van der Waals surface area contributed by atoms with E-state index < -0.39 is 0 Å². The summed E-state index contributed by atoms with van der Waals surface area (Å²) in [6.45, 7) is 0. The van der Waals surface area contributed by atoms with Gasteiger partial charge in [-0.15, -0.1) is 0 Å². The number of anilines is 1. The first-order valence-electron chi connectivity index (χ1n) is 4.64. The molecule has 0 aliphatic rings. The van der Waals surface area contributed by atoms with Crippen LogP contribution in [0.4, 0.5) is 5.69 Å². The highest BCUT2D eigenvalue weighted by atomic mass is 32.1. The second-order valence-corrected chi connectivity index (χ2v) is 3.85. The van der Waals surface area contributed by atoms with Crippen LogP contribution in [0.1, 0.15) is 6.42 Å². The van der Waals surface area contributed by atoms with Crippen LogP contribution in [0, 0.1) is 0 Å². The standard InChI is InChI=1S/C11H14N2OS/c1-13(2)11(15)8-10(14)12-9-6-4-3-5-7-9/h3-7H,8H2,1-2H3,(H,12,14). The summed E-state index contributed by atoms with van der Waals surface area (Å²) >= 11 is 5.04. The van der Waals surface area contributed by atoms with E-state index in [2.05, 4.69) is 5.32 Å². The van der Waals surface area contributed by atoms with Crippen LogP contribution in [-0.4, -0.2) is 29.9 Å². The molecule has 0 fully saturated rings. The van der Waals surface area contributed by atoms with Crippen molar-refractivity contribution in [3.05, 3.63) is 30.3 Å². The number of para-hydroxylation sites is 1. The molecule has 1 rings (SSSR count). The molecule has 0 atom stereocenters. The van der Waals surface area contributed by atoms with E-state index in [1.165, 1.54) is 0 Å². The molecule has 0 unspecified atom stereocenters. The average molecular weight is 222 g/mol. The van der Waals surface area contributed by atoms with E-state index in [9.17, 15) is 4.79 Å². The quantitative estimate of drug-likeness (QED) is 0.793. The van der Waals surface area contributed by atoms with Gasteiger partial charge in [-0.25, -0.2) is 0 Å². The van der Waals surface area contributed by atoms with Gasteiger partial charge in [0.05, 0.1) is 11.4 Å². The fourth-order valence-electron chi connectivity index (χ4n) is 1.02. The van der Waals surface area contributed by atoms with E-state index in [1.807, 2.05) is 44.4 Å². The van der Waals surface area contributed by atoms with Crippen molar-refractivity contribution in [3.8, 4) is 0 Å². The smallest absolute Gasteiger partial charge is 0.231 e. The summed E-state index contributed by atoms with van der Waals surface area (Å²) in [6, 6.07) is 9.34. The monoisotopic (exact) mass is 222 g/mol. The zero-order valence-electron chi connectivity index (χ0n) is 8.86. The van der Waals surface area contributed by atoms with Gasteiger partial charge in [-0.2, -0.15) is 0 Å². The molecule has 1 N–H and O–H groups in total. The number of carbonyl (C=O) groups excluding carboxylic acids is 1. The lowest BCUT2D eigenvalue weighted by atomic mass is 10.3. The van der Waals surface area contributed by atoms with Crippen molar-refractivity contribution in [2.75, 3.05) is 19.4 Å². The van der Waals surface area contributed by atoms with Crippen LogP contribution in [0.3, 0.4) is 0 Å². The average Bonchev–Trinajstić information content (AvgIpc) is 2.18. The highest BCUT2D eigenvalue weighted by Gasteiger charge is 2.07. The molecule has 1 amide bonds. The Hall–Kier alpha value is -1.42. The summed E-state index contributed by atoms with van der Waals surface area (Å²) in [5.41, 5.74) is 0.795. The molecular formula is C11H14N2OS. The normalized spacial score (nSPS) is 9.47. The molecule has 0 aliphatic heterocycles. The summed E-state index contributed by atoms with van der Waals surface area (Å²) in [4.78, 5) is 13.9. The van der Waals surface area contributed by atoms with Crippen LogP contribution in [0.15, 0.2) is 30.3 Å². The fourth-order valence-corrected chi connectivity index (χ4v) is 1.15. The molecule has 80 valence electrons. The Morgan fingerprint density at radius 2 is 1.93 bits per heavy atom. The second kappa shape index (κ2) is 5.46. The van der Waals surface area contributed by atoms with Gasteiger partial charge in [0.1, 0.15) is 0 Å². The molecule has 15 heavy (non-hydrogen) atoms. The van der Waals surface area contributed by atoms with E-state index in [4.69, 9.17) is 12.2 Å². The van der Waals surface area contributed by atoms with Crippen molar-refractivity contribution >= 4 is 28.8 Å². The highest BCUT2D eigenvalue weighted by Crippen LogP contribution is 2.05. The van der Waals surface area contributed by atoms with Crippen molar-refractivity contribution in [3.63, 3.8) is 0 Å². The maximum absolute atomic E-state index is 11.5. The lowest BCUT2D eigenvalue weighted by Crippen LogP contribution is -2.25. The lowest BCUT2D eigenvalue weighted by Gasteiger charge is -2.13. The molecule has 0 spiro atoms.